The standard InChI is InChI=1S/C12H19N5O/c1-17(9-5-3-2-4-6-9)12(18)10-7-8-11(14-13)16-15-10/h7-9H,2-6,13H2,1H3,(H,14,16). The third-order valence-corrected chi connectivity index (χ3v) is 3.47. The van der Waals surface area contributed by atoms with Crippen molar-refractivity contribution in [1.29, 1.82) is 0 Å². The quantitative estimate of drug-likeness (QED) is 0.620. The van der Waals surface area contributed by atoms with Gasteiger partial charge in [0.25, 0.3) is 5.91 Å². The van der Waals surface area contributed by atoms with Crippen LogP contribution in [0.5, 0.6) is 0 Å². The predicted octanol–water partition coefficient (Wildman–Crippen LogP) is 1.17. The van der Waals surface area contributed by atoms with Crippen LogP contribution in [0.15, 0.2) is 12.1 Å². The molecule has 1 saturated carbocycles. The molecule has 1 aliphatic carbocycles. The topological polar surface area (TPSA) is 84.1 Å². The molecule has 0 atom stereocenters. The number of hydrogen-bond donors (Lipinski definition) is 2. The Morgan fingerprint density at radius 2 is 2.06 bits per heavy atom. The summed E-state index contributed by atoms with van der Waals surface area (Å²) in [6, 6.07) is 3.62. The fraction of sp³-hybridized carbons (Fsp3) is 0.583. The first kappa shape index (κ1) is 12.8. The second kappa shape index (κ2) is 5.77. The van der Waals surface area contributed by atoms with E-state index in [0.29, 0.717) is 17.6 Å². The zero-order valence-corrected chi connectivity index (χ0v) is 10.6. The van der Waals surface area contributed by atoms with E-state index < -0.39 is 0 Å². The summed E-state index contributed by atoms with van der Waals surface area (Å²) < 4.78 is 0. The van der Waals surface area contributed by atoms with Gasteiger partial charge in [0.05, 0.1) is 0 Å². The summed E-state index contributed by atoms with van der Waals surface area (Å²) in [4.78, 5) is 14.0. The van der Waals surface area contributed by atoms with Gasteiger partial charge in [0.2, 0.25) is 0 Å². The monoisotopic (exact) mass is 249 g/mol. The van der Waals surface area contributed by atoms with Gasteiger partial charge in [0, 0.05) is 13.1 Å². The summed E-state index contributed by atoms with van der Waals surface area (Å²) >= 11 is 0. The molecule has 6 heteroatoms. The van der Waals surface area contributed by atoms with Crippen molar-refractivity contribution in [3.8, 4) is 0 Å². The van der Waals surface area contributed by atoms with E-state index in [4.69, 9.17) is 5.84 Å². The lowest BCUT2D eigenvalue weighted by Crippen LogP contribution is -2.38. The maximum atomic E-state index is 12.2. The third-order valence-electron chi connectivity index (χ3n) is 3.47. The molecule has 0 spiro atoms. The van der Waals surface area contributed by atoms with Gasteiger partial charge in [-0.2, -0.15) is 0 Å². The van der Waals surface area contributed by atoms with E-state index in [1.54, 1.807) is 17.0 Å². The highest BCUT2D eigenvalue weighted by Crippen LogP contribution is 2.22. The number of hydrazine groups is 1. The van der Waals surface area contributed by atoms with Crippen LogP contribution in [0.25, 0.3) is 0 Å². The zero-order valence-electron chi connectivity index (χ0n) is 10.6. The van der Waals surface area contributed by atoms with Crippen molar-refractivity contribution in [3.05, 3.63) is 17.8 Å². The number of carbonyl (C=O) groups excluding carboxylic acids is 1. The normalized spacial score (nSPS) is 16.3. The van der Waals surface area contributed by atoms with Crippen LogP contribution in [0.2, 0.25) is 0 Å². The van der Waals surface area contributed by atoms with Crippen LogP contribution < -0.4 is 11.3 Å². The molecule has 0 saturated heterocycles. The van der Waals surface area contributed by atoms with E-state index in [1.165, 1.54) is 19.3 Å². The molecule has 6 nitrogen and oxygen atoms in total. The van der Waals surface area contributed by atoms with Gasteiger partial charge in [0.15, 0.2) is 11.5 Å². The summed E-state index contributed by atoms with van der Waals surface area (Å²) in [6.45, 7) is 0. The molecule has 1 aliphatic rings. The largest absolute Gasteiger partial charge is 0.337 e. The summed E-state index contributed by atoms with van der Waals surface area (Å²) in [5, 5.41) is 7.69. The van der Waals surface area contributed by atoms with Crippen molar-refractivity contribution in [2.45, 2.75) is 38.1 Å². The van der Waals surface area contributed by atoms with Crippen LogP contribution in [0.1, 0.15) is 42.6 Å². The second-order valence-electron chi connectivity index (χ2n) is 4.66. The molecule has 18 heavy (non-hydrogen) atoms. The Morgan fingerprint density at radius 3 is 2.61 bits per heavy atom. The fourth-order valence-electron chi connectivity index (χ4n) is 2.34. The van der Waals surface area contributed by atoms with Crippen LogP contribution >= 0.6 is 0 Å². The van der Waals surface area contributed by atoms with E-state index in [9.17, 15) is 4.79 Å². The van der Waals surface area contributed by atoms with Gasteiger partial charge in [0.1, 0.15) is 0 Å². The minimum Gasteiger partial charge on any atom is -0.337 e. The molecule has 3 N–H and O–H groups in total. The summed E-state index contributed by atoms with van der Waals surface area (Å²) in [7, 11) is 1.84. The smallest absolute Gasteiger partial charge is 0.274 e. The summed E-state index contributed by atoms with van der Waals surface area (Å²) in [5.74, 6) is 5.58. The molecule has 2 rings (SSSR count). The lowest BCUT2D eigenvalue weighted by atomic mass is 9.94. The molecule has 1 fully saturated rings. The predicted molar refractivity (Wildman–Crippen MR) is 68.8 cm³/mol. The number of aromatic nitrogens is 2. The lowest BCUT2D eigenvalue weighted by molar-refractivity contribution is 0.0689. The maximum Gasteiger partial charge on any atom is 0.274 e. The molecule has 0 aliphatic heterocycles. The molecular formula is C12H19N5O. The number of nitrogens with two attached hydrogens (primary N) is 1. The van der Waals surface area contributed by atoms with Crippen LogP contribution in [0.4, 0.5) is 5.82 Å². The Labute approximate surface area is 107 Å². The molecule has 98 valence electrons. The minimum atomic E-state index is -0.0713. The lowest BCUT2D eigenvalue weighted by Gasteiger charge is -2.30. The van der Waals surface area contributed by atoms with Gasteiger partial charge in [-0.05, 0) is 25.0 Å². The van der Waals surface area contributed by atoms with Crippen LogP contribution in [0.3, 0.4) is 0 Å². The molecule has 1 aromatic heterocycles. The van der Waals surface area contributed by atoms with Gasteiger partial charge in [-0.15, -0.1) is 10.2 Å². The average Bonchev–Trinajstić information content (AvgIpc) is 2.47. The Balaban J connectivity index is 2.04. The SMILES string of the molecule is CN(C(=O)c1ccc(NN)nn1)C1CCCCC1. The number of nitrogen functional groups attached to an aromatic ring is 1. The molecule has 0 radical (unpaired) electrons. The molecule has 0 bridgehead atoms. The minimum absolute atomic E-state index is 0.0713. The summed E-state index contributed by atoms with van der Waals surface area (Å²) in [5.41, 5.74) is 2.75. The van der Waals surface area contributed by atoms with Crippen molar-refractivity contribution >= 4 is 11.7 Å². The number of carbonyl (C=O) groups is 1. The van der Waals surface area contributed by atoms with Crippen molar-refractivity contribution in [1.82, 2.24) is 15.1 Å². The second-order valence-corrected chi connectivity index (χ2v) is 4.66. The number of amides is 1. The van der Waals surface area contributed by atoms with Crippen LogP contribution in [0, 0.1) is 0 Å². The molecule has 0 unspecified atom stereocenters. The van der Waals surface area contributed by atoms with Gasteiger partial charge < -0.3 is 10.3 Å². The molecular weight excluding hydrogens is 230 g/mol. The van der Waals surface area contributed by atoms with Gasteiger partial charge in [-0.3, -0.25) is 4.79 Å². The first-order chi connectivity index (χ1) is 8.72. The number of anilines is 1. The van der Waals surface area contributed by atoms with E-state index in [0.717, 1.165) is 12.8 Å². The maximum absolute atomic E-state index is 12.2. The van der Waals surface area contributed by atoms with Crippen molar-refractivity contribution in [3.63, 3.8) is 0 Å². The van der Waals surface area contributed by atoms with E-state index >= 15 is 0 Å². The Bertz CT molecular complexity index is 399. The van der Waals surface area contributed by atoms with E-state index in [1.807, 2.05) is 7.05 Å². The highest BCUT2D eigenvalue weighted by molar-refractivity contribution is 5.92. The summed E-state index contributed by atoms with van der Waals surface area (Å²) in [6.07, 6.45) is 5.83. The first-order valence-electron chi connectivity index (χ1n) is 6.30. The average molecular weight is 249 g/mol. The fourth-order valence-corrected chi connectivity index (χ4v) is 2.34. The van der Waals surface area contributed by atoms with Gasteiger partial charge >= 0.3 is 0 Å². The van der Waals surface area contributed by atoms with Crippen molar-refractivity contribution < 1.29 is 4.79 Å². The van der Waals surface area contributed by atoms with Crippen molar-refractivity contribution in [2.75, 3.05) is 12.5 Å². The number of hydrogen-bond acceptors (Lipinski definition) is 5. The van der Waals surface area contributed by atoms with Crippen LogP contribution in [-0.4, -0.2) is 34.1 Å². The van der Waals surface area contributed by atoms with Gasteiger partial charge in [-0.1, -0.05) is 19.3 Å². The molecule has 1 amide bonds. The Hall–Kier alpha value is -1.69. The zero-order chi connectivity index (χ0) is 13.0. The molecule has 1 heterocycles. The first-order valence-corrected chi connectivity index (χ1v) is 6.30. The highest BCUT2D eigenvalue weighted by atomic mass is 16.2. The Kier molecular flexibility index (Phi) is 4.09. The third kappa shape index (κ3) is 2.76. The molecule has 1 aromatic rings. The number of rotatable bonds is 3. The highest BCUT2D eigenvalue weighted by Gasteiger charge is 2.23. The van der Waals surface area contributed by atoms with Gasteiger partial charge in [-0.25, -0.2) is 5.84 Å². The number of nitrogens with one attached hydrogen (secondary N) is 1. The van der Waals surface area contributed by atoms with E-state index in [2.05, 4.69) is 15.6 Å². The van der Waals surface area contributed by atoms with Crippen LogP contribution in [-0.2, 0) is 0 Å². The molecule has 0 aromatic carbocycles. The van der Waals surface area contributed by atoms with E-state index in [-0.39, 0.29) is 5.91 Å². The number of nitrogens with zero attached hydrogens (tertiary/aromatic N) is 3. The van der Waals surface area contributed by atoms with Crippen molar-refractivity contribution in [2.24, 2.45) is 5.84 Å². The Morgan fingerprint density at radius 1 is 1.33 bits per heavy atom.